The normalized spacial score (nSPS) is 20.4. The first-order chi connectivity index (χ1) is 22.6. The average molecular weight is 713 g/mol. The number of rotatable bonds is 16. The predicted octanol–water partition coefficient (Wildman–Crippen LogP) is 11.9. The highest BCUT2D eigenvalue weighted by Crippen LogP contribution is 2.39. The van der Waals surface area contributed by atoms with Gasteiger partial charge in [-0.15, -0.1) is 6.58 Å². The third kappa shape index (κ3) is 18.6. The molecule has 5 nitrogen and oxygen atoms in total. The Morgan fingerprint density at radius 2 is 1.29 bits per heavy atom. The SMILES string of the molecule is C=CC[C@H]1C=CC(=O)/C1=C/C[C@H](C/C=C\CC)O[Si](C)(C)C(C)(C)C.CC/C=C\C[C@@H](CC=O)O[Si](C)(C)C(C)(C)C.C[C@H]1C=CC(=O)C1. The molecule has 0 aliphatic heterocycles. The van der Waals surface area contributed by atoms with Crippen LogP contribution in [0.1, 0.15) is 114 Å². The minimum Gasteiger partial charge on any atom is -0.413 e. The minimum absolute atomic E-state index is 0.0520. The van der Waals surface area contributed by atoms with E-state index in [4.69, 9.17) is 8.85 Å². The van der Waals surface area contributed by atoms with Crippen molar-refractivity contribution < 1.29 is 23.2 Å². The zero-order valence-corrected chi connectivity index (χ0v) is 35.6. The Kier molecular flexibility index (Phi) is 21.6. The summed E-state index contributed by atoms with van der Waals surface area (Å²) in [5, 5.41) is 0.381. The number of aldehydes is 1. The molecule has 278 valence electrons. The van der Waals surface area contributed by atoms with Crippen molar-refractivity contribution in [2.24, 2.45) is 11.8 Å². The van der Waals surface area contributed by atoms with Gasteiger partial charge >= 0.3 is 0 Å². The molecule has 0 unspecified atom stereocenters. The van der Waals surface area contributed by atoms with Crippen LogP contribution in [0.15, 0.2) is 72.9 Å². The third-order valence-corrected chi connectivity index (χ3v) is 18.9. The van der Waals surface area contributed by atoms with E-state index >= 15 is 0 Å². The summed E-state index contributed by atoms with van der Waals surface area (Å²) in [6.45, 7) is 32.6. The maximum atomic E-state index is 12.1. The van der Waals surface area contributed by atoms with Gasteiger partial charge in [-0.25, -0.2) is 0 Å². The summed E-state index contributed by atoms with van der Waals surface area (Å²) in [6.07, 6.45) is 27.8. The van der Waals surface area contributed by atoms with Crippen LogP contribution in [0.4, 0.5) is 0 Å². The smallest absolute Gasteiger partial charge is 0.192 e. The highest BCUT2D eigenvalue weighted by atomic mass is 28.4. The van der Waals surface area contributed by atoms with Crippen molar-refractivity contribution in [1.29, 1.82) is 0 Å². The van der Waals surface area contributed by atoms with Gasteiger partial charge in [-0.3, -0.25) is 9.59 Å². The van der Waals surface area contributed by atoms with Crippen molar-refractivity contribution in [3.63, 3.8) is 0 Å². The van der Waals surface area contributed by atoms with Crippen molar-refractivity contribution in [2.75, 3.05) is 0 Å². The molecule has 4 atom stereocenters. The Morgan fingerprint density at radius 3 is 1.63 bits per heavy atom. The van der Waals surface area contributed by atoms with Crippen LogP contribution >= 0.6 is 0 Å². The van der Waals surface area contributed by atoms with E-state index in [0.717, 1.165) is 56.8 Å². The average Bonchev–Trinajstić information content (AvgIpc) is 3.53. The predicted molar refractivity (Wildman–Crippen MR) is 216 cm³/mol. The van der Waals surface area contributed by atoms with Crippen LogP contribution in [0.3, 0.4) is 0 Å². The number of allylic oxidation sites excluding steroid dienone is 8. The fraction of sp³-hybridized carbons (Fsp3) is 0.643. The van der Waals surface area contributed by atoms with E-state index in [-0.39, 0.29) is 39.8 Å². The Hall–Kier alpha value is -2.20. The maximum Gasteiger partial charge on any atom is 0.192 e. The molecule has 0 aromatic carbocycles. The number of hydrogen-bond donors (Lipinski definition) is 0. The van der Waals surface area contributed by atoms with E-state index in [2.05, 4.69) is 119 Å². The lowest BCUT2D eigenvalue weighted by Crippen LogP contribution is -2.44. The van der Waals surface area contributed by atoms with E-state index in [1.165, 1.54) is 0 Å². The molecule has 0 radical (unpaired) electrons. The lowest BCUT2D eigenvalue weighted by atomic mass is 9.96. The van der Waals surface area contributed by atoms with Gasteiger partial charge in [-0.1, -0.05) is 111 Å². The zero-order chi connectivity index (χ0) is 37.9. The molecule has 2 aliphatic carbocycles. The Labute approximate surface area is 303 Å². The quantitative estimate of drug-likeness (QED) is 0.0689. The summed E-state index contributed by atoms with van der Waals surface area (Å²) in [5.41, 5.74) is 0.906. The van der Waals surface area contributed by atoms with Gasteiger partial charge in [-0.2, -0.15) is 0 Å². The van der Waals surface area contributed by atoms with Crippen molar-refractivity contribution >= 4 is 34.5 Å². The van der Waals surface area contributed by atoms with E-state index in [0.29, 0.717) is 12.3 Å². The van der Waals surface area contributed by atoms with Crippen LogP contribution in [-0.2, 0) is 23.2 Å². The molecule has 0 aromatic heterocycles. The number of carbonyl (C=O) groups is 3. The third-order valence-electron chi connectivity index (χ3n) is 9.82. The van der Waals surface area contributed by atoms with Gasteiger partial charge in [-0.05, 0) is 92.9 Å². The lowest BCUT2D eigenvalue weighted by Gasteiger charge is -2.39. The van der Waals surface area contributed by atoms with Gasteiger partial charge in [0.2, 0.25) is 0 Å². The second-order valence-corrected chi connectivity index (χ2v) is 25.9. The Bertz CT molecular complexity index is 1170. The first kappa shape index (κ1) is 46.8. The highest BCUT2D eigenvalue weighted by Gasteiger charge is 2.39. The fourth-order valence-corrected chi connectivity index (χ4v) is 7.47. The Balaban J connectivity index is 0.000000820. The largest absolute Gasteiger partial charge is 0.413 e. The van der Waals surface area contributed by atoms with Gasteiger partial charge < -0.3 is 13.6 Å². The van der Waals surface area contributed by atoms with Crippen LogP contribution in [0, 0.1) is 11.8 Å². The van der Waals surface area contributed by atoms with Crippen LogP contribution in [0.5, 0.6) is 0 Å². The molecule has 7 heteroatoms. The molecular formula is C42H72O5Si2. The molecule has 2 rings (SSSR count). The molecule has 0 bridgehead atoms. The van der Waals surface area contributed by atoms with Crippen molar-refractivity contribution in [3.8, 4) is 0 Å². The highest BCUT2D eigenvalue weighted by molar-refractivity contribution is 6.74. The first-order valence-corrected chi connectivity index (χ1v) is 24.3. The van der Waals surface area contributed by atoms with Crippen LogP contribution < -0.4 is 0 Å². The van der Waals surface area contributed by atoms with Gasteiger partial charge in [0.1, 0.15) is 6.29 Å². The zero-order valence-electron chi connectivity index (χ0n) is 33.6. The Morgan fingerprint density at radius 1 is 0.796 bits per heavy atom. The number of ketones is 2. The molecule has 2 aliphatic rings. The molecule has 0 N–H and O–H groups in total. The molecule has 0 saturated heterocycles. The minimum atomic E-state index is -1.83. The van der Waals surface area contributed by atoms with E-state index in [9.17, 15) is 14.4 Å². The van der Waals surface area contributed by atoms with Crippen molar-refractivity contribution in [2.45, 2.75) is 162 Å². The summed E-state index contributed by atoms with van der Waals surface area (Å²) in [5.74, 6) is 1.09. The summed E-state index contributed by atoms with van der Waals surface area (Å²) >= 11 is 0. The molecule has 0 spiro atoms. The second kappa shape index (κ2) is 22.6. The molecule has 0 aromatic rings. The molecule has 0 amide bonds. The summed E-state index contributed by atoms with van der Waals surface area (Å²) < 4.78 is 12.9. The fourth-order valence-electron chi connectivity index (χ4n) is 4.72. The molecule has 0 saturated carbocycles. The summed E-state index contributed by atoms with van der Waals surface area (Å²) in [7, 11) is -3.59. The van der Waals surface area contributed by atoms with Gasteiger partial charge in [0.05, 0.1) is 12.2 Å². The number of hydrogen-bond acceptors (Lipinski definition) is 5. The van der Waals surface area contributed by atoms with Crippen LogP contribution in [0.25, 0.3) is 0 Å². The lowest BCUT2D eigenvalue weighted by molar-refractivity contribution is -0.114. The summed E-state index contributed by atoms with van der Waals surface area (Å²) in [4.78, 5) is 33.2. The maximum absolute atomic E-state index is 12.1. The van der Waals surface area contributed by atoms with Crippen molar-refractivity contribution in [1.82, 2.24) is 0 Å². The van der Waals surface area contributed by atoms with E-state index in [1.807, 2.05) is 25.2 Å². The molecule has 49 heavy (non-hydrogen) atoms. The molecular weight excluding hydrogens is 641 g/mol. The monoisotopic (exact) mass is 712 g/mol. The van der Waals surface area contributed by atoms with E-state index in [1.54, 1.807) is 12.2 Å². The van der Waals surface area contributed by atoms with Crippen LogP contribution in [0.2, 0.25) is 36.3 Å². The first-order valence-electron chi connectivity index (χ1n) is 18.5. The second-order valence-electron chi connectivity index (χ2n) is 16.4. The van der Waals surface area contributed by atoms with Crippen molar-refractivity contribution in [3.05, 3.63) is 72.9 Å². The van der Waals surface area contributed by atoms with Gasteiger partial charge in [0, 0.05) is 24.3 Å². The topological polar surface area (TPSA) is 69.7 Å². The molecule has 0 heterocycles. The van der Waals surface area contributed by atoms with Gasteiger partial charge in [0.15, 0.2) is 28.2 Å². The molecule has 0 fully saturated rings. The van der Waals surface area contributed by atoms with Crippen LogP contribution in [-0.4, -0.2) is 46.7 Å². The summed E-state index contributed by atoms with van der Waals surface area (Å²) in [6, 6.07) is 0. The van der Waals surface area contributed by atoms with E-state index < -0.39 is 16.6 Å². The van der Waals surface area contributed by atoms with Gasteiger partial charge in [0.25, 0.3) is 0 Å². The number of carbonyl (C=O) groups excluding carboxylic acids is 3. The standard InChI is InChI=1S/C22H36O2Si.C14H28O2Si.C6H8O/c1-8-10-11-13-19(24-25(6,7)22(3,4)5)15-16-20-18(12-9-2)14-17-21(20)23;1-7-8-9-10-13(11-12-15)16-17(5,6)14(2,3)4;1-5-2-3-6(7)4-5/h9-11,14,16-19H,2,8,12-13,15H2,1,3-7H3;8-9,12-13H,7,10-11H2,1-6H3;2-3,5H,4H2,1H3/b11-10-,20-16+;9-8-;/t18-,19-;13-;5-/m000/s1.